The summed E-state index contributed by atoms with van der Waals surface area (Å²) >= 11 is 5.98. The highest BCUT2D eigenvalue weighted by atomic mass is 35.5. The molecule has 0 bridgehead atoms. The molecule has 0 aliphatic carbocycles. The number of aromatic hydroxyl groups is 1. The van der Waals surface area contributed by atoms with E-state index >= 15 is 0 Å². The third kappa shape index (κ3) is 3.77. The molecular formula is C20H12ClN3O4. The van der Waals surface area contributed by atoms with E-state index < -0.39 is 10.8 Å². The Bertz CT molecular complexity index is 1180. The Labute approximate surface area is 164 Å². The molecule has 3 aromatic rings. The van der Waals surface area contributed by atoms with Crippen LogP contribution in [0.2, 0.25) is 5.02 Å². The smallest absolute Gasteiger partial charge is 0.271 e. The molecule has 7 nitrogen and oxygen atoms in total. The van der Waals surface area contributed by atoms with Crippen molar-refractivity contribution in [1.29, 1.82) is 5.26 Å². The highest BCUT2D eigenvalue weighted by molar-refractivity contribution is 6.34. The lowest BCUT2D eigenvalue weighted by Crippen LogP contribution is -2.14. The highest BCUT2D eigenvalue weighted by Gasteiger charge is 2.16. The lowest BCUT2D eigenvalue weighted by atomic mass is 10.0. The molecule has 0 fully saturated rings. The van der Waals surface area contributed by atoms with Gasteiger partial charge in [-0.05, 0) is 29.0 Å². The fraction of sp³-hybridized carbons (Fsp3) is 0. The molecule has 0 aliphatic heterocycles. The van der Waals surface area contributed by atoms with E-state index in [0.29, 0.717) is 10.9 Å². The van der Waals surface area contributed by atoms with E-state index in [-0.39, 0.29) is 27.7 Å². The van der Waals surface area contributed by atoms with Gasteiger partial charge in [-0.2, -0.15) is 5.26 Å². The number of nitrogens with one attached hydrogen (secondary N) is 1. The Morgan fingerprint density at radius 2 is 1.96 bits per heavy atom. The van der Waals surface area contributed by atoms with Crippen molar-refractivity contribution in [2.45, 2.75) is 0 Å². The first kappa shape index (κ1) is 18.9. The van der Waals surface area contributed by atoms with Crippen LogP contribution >= 0.6 is 11.6 Å². The number of hydrogen-bond acceptors (Lipinski definition) is 5. The van der Waals surface area contributed by atoms with E-state index in [9.17, 15) is 25.3 Å². The summed E-state index contributed by atoms with van der Waals surface area (Å²) < 4.78 is 0. The summed E-state index contributed by atoms with van der Waals surface area (Å²) in [6.45, 7) is 0. The summed E-state index contributed by atoms with van der Waals surface area (Å²) in [4.78, 5) is 22.8. The van der Waals surface area contributed by atoms with E-state index in [1.807, 2.05) is 12.1 Å². The summed E-state index contributed by atoms with van der Waals surface area (Å²) in [5, 5.41) is 34.5. The van der Waals surface area contributed by atoms with Crippen molar-refractivity contribution in [1.82, 2.24) is 0 Å². The molecule has 0 unspecified atom stereocenters. The largest absolute Gasteiger partial charge is 0.507 e. The molecular weight excluding hydrogens is 382 g/mol. The number of carbonyl (C=O) groups excluding carboxylic acids is 1. The molecule has 0 aromatic heterocycles. The lowest BCUT2D eigenvalue weighted by molar-refractivity contribution is -0.384. The van der Waals surface area contributed by atoms with Crippen LogP contribution in [0.1, 0.15) is 5.56 Å². The zero-order chi connectivity index (χ0) is 20.3. The second-order valence-corrected chi connectivity index (χ2v) is 6.17. The number of phenolic OH excluding ortho intramolecular Hbond substituents is 1. The molecule has 28 heavy (non-hydrogen) atoms. The van der Waals surface area contributed by atoms with E-state index in [1.165, 1.54) is 24.3 Å². The average molecular weight is 394 g/mol. The number of rotatable bonds is 4. The van der Waals surface area contributed by atoms with Gasteiger partial charge >= 0.3 is 0 Å². The van der Waals surface area contributed by atoms with Crippen LogP contribution in [0.5, 0.6) is 5.75 Å². The minimum absolute atomic E-state index is 0.00385. The highest BCUT2D eigenvalue weighted by Crippen LogP contribution is 2.30. The maximum atomic E-state index is 12.5. The number of non-ortho nitro benzene ring substituents is 1. The van der Waals surface area contributed by atoms with Crippen LogP contribution in [0.3, 0.4) is 0 Å². The van der Waals surface area contributed by atoms with Gasteiger partial charge in [0.25, 0.3) is 11.6 Å². The van der Waals surface area contributed by atoms with E-state index in [2.05, 4.69) is 5.32 Å². The molecule has 2 N–H and O–H groups in total. The first-order chi connectivity index (χ1) is 13.4. The number of halogens is 1. The van der Waals surface area contributed by atoms with Crippen LogP contribution in [0, 0.1) is 21.4 Å². The number of amides is 1. The molecule has 8 heteroatoms. The van der Waals surface area contributed by atoms with E-state index in [0.717, 1.165) is 11.5 Å². The van der Waals surface area contributed by atoms with Gasteiger partial charge in [-0.3, -0.25) is 14.9 Å². The van der Waals surface area contributed by atoms with Gasteiger partial charge in [-0.1, -0.05) is 41.9 Å². The second kappa shape index (κ2) is 7.78. The molecule has 0 saturated carbocycles. The molecule has 0 saturated heterocycles. The third-order valence-electron chi connectivity index (χ3n) is 4.01. The Kier molecular flexibility index (Phi) is 5.25. The lowest BCUT2D eigenvalue weighted by Gasteiger charge is -2.08. The van der Waals surface area contributed by atoms with Crippen LogP contribution in [0.4, 0.5) is 11.4 Å². The number of fused-ring (bicyclic) bond motifs is 1. The van der Waals surface area contributed by atoms with Crippen LogP contribution in [-0.4, -0.2) is 15.9 Å². The van der Waals surface area contributed by atoms with Crippen molar-refractivity contribution in [3.05, 3.63) is 80.9 Å². The molecule has 3 rings (SSSR count). The Morgan fingerprint density at radius 1 is 1.21 bits per heavy atom. The van der Waals surface area contributed by atoms with Crippen molar-refractivity contribution in [2.75, 3.05) is 5.32 Å². The van der Waals surface area contributed by atoms with Gasteiger partial charge < -0.3 is 10.4 Å². The maximum absolute atomic E-state index is 12.5. The Hall–Kier alpha value is -3.89. The van der Waals surface area contributed by atoms with Crippen molar-refractivity contribution >= 4 is 45.7 Å². The Balaban J connectivity index is 2.00. The van der Waals surface area contributed by atoms with Crippen LogP contribution in [0.25, 0.3) is 16.8 Å². The summed E-state index contributed by atoms with van der Waals surface area (Å²) in [5.41, 5.74) is -0.234. The van der Waals surface area contributed by atoms with E-state index in [1.54, 1.807) is 24.3 Å². The molecule has 138 valence electrons. The fourth-order valence-electron chi connectivity index (χ4n) is 2.64. The number of nitriles is 1. The predicted molar refractivity (Wildman–Crippen MR) is 106 cm³/mol. The van der Waals surface area contributed by atoms with Crippen LogP contribution < -0.4 is 5.32 Å². The van der Waals surface area contributed by atoms with Crippen molar-refractivity contribution in [3.63, 3.8) is 0 Å². The molecule has 0 heterocycles. The standard InChI is InChI=1S/C20H12ClN3O4/c21-17-7-6-14(24(27)28)10-18(17)23-20(26)13(11-22)9-16-15-4-2-1-3-12(15)5-8-19(16)25/h1-10,25H,(H,23,26). The number of benzene rings is 3. The Morgan fingerprint density at radius 3 is 2.68 bits per heavy atom. The quantitative estimate of drug-likeness (QED) is 0.289. The van der Waals surface area contributed by atoms with Gasteiger partial charge in [0.2, 0.25) is 0 Å². The number of carbonyl (C=O) groups is 1. The van der Waals surface area contributed by atoms with Gasteiger partial charge in [0.05, 0.1) is 15.6 Å². The van der Waals surface area contributed by atoms with Gasteiger partial charge in [0.15, 0.2) is 0 Å². The summed E-state index contributed by atoms with van der Waals surface area (Å²) in [5.74, 6) is -0.898. The van der Waals surface area contributed by atoms with Gasteiger partial charge in [-0.25, -0.2) is 0 Å². The predicted octanol–water partition coefficient (Wildman–Crippen LogP) is 4.65. The topological polar surface area (TPSA) is 116 Å². The van der Waals surface area contributed by atoms with Gasteiger partial charge in [-0.15, -0.1) is 0 Å². The first-order valence-electron chi connectivity index (χ1n) is 7.98. The molecule has 1 amide bonds. The number of nitro groups is 1. The zero-order valence-corrected chi connectivity index (χ0v) is 15.0. The van der Waals surface area contributed by atoms with Gasteiger partial charge in [0.1, 0.15) is 17.4 Å². The van der Waals surface area contributed by atoms with Crippen molar-refractivity contribution in [3.8, 4) is 11.8 Å². The van der Waals surface area contributed by atoms with Crippen molar-refractivity contribution < 1.29 is 14.8 Å². The third-order valence-corrected chi connectivity index (χ3v) is 4.34. The number of nitrogens with zero attached hydrogens (tertiary/aromatic N) is 2. The zero-order valence-electron chi connectivity index (χ0n) is 14.2. The summed E-state index contributed by atoms with van der Waals surface area (Å²) in [7, 11) is 0. The first-order valence-corrected chi connectivity index (χ1v) is 8.36. The number of hydrogen-bond donors (Lipinski definition) is 2. The SMILES string of the molecule is N#CC(=Cc1c(O)ccc2ccccc12)C(=O)Nc1cc([N+](=O)[O-])ccc1Cl. The number of phenols is 1. The monoisotopic (exact) mass is 393 g/mol. The number of anilines is 1. The van der Waals surface area contributed by atoms with Crippen molar-refractivity contribution in [2.24, 2.45) is 0 Å². The molecule has 0 radical (unpaired) electrons. The normalized spacial score (nSPS) is 11.1. The number of nitro benzene ring substituents is 1. The fourth-order valence-corrected chi connectivity index (χ4v) is 2.81. The molecule has 0 spiro atoms. The second-order valence-electron chi connectivity index (χ2n) is 5.76. The molecule has 3 aromatic carbocycles. The maximum Gasteiger partial charge on any atom is 0.271 e. The minimum Gasteiger partial charge on any atom is -0.507 e. The minimum atomic E-state index is -0.808. The molecule has 0 atom stereocenters. The summed E-state index contributed by atoms with van der Waals surface area (Å²) in [6, 6.07) is 15.7. The van der Waals surface area contributed by atoms with E-state index in [4.69, 9.17) is 11.6 Å². The van der Waals surface area contributed by atoms with Crippen LogP contribution in [0.15, 0.2) is 60.2 Å². The summed E-state index contributed by atoms with van der Waals surface area (Å²) in [6.07, 6.45) is 1.26. The molecule has 0 aliphatic rings. The van der Waals surface area contributed by atoms with Crippen LogP contribution in [-0.2, 0) is 4.79 Å². The average Bonchev–Trinajstić information content (AvgIpc) is 2.68. The van der Waals surface area contributed by atoms with Gasteiger partial charge in [0, 0.05) is 17.7 Å².